The average Bonchev–Trinajstić information content (AvgIpc) is 3.31. The molecule has 1 radical (unpaired) electrons. The summed E-state index contributed by atoms with van der Waals surface area (Å²) >= 11 is 5.92. The van der Waals surface area contributed by atoms with Gasteiger partial charge in [0.15, 0.2) is 0 Å². The Bertz CT molecular complexity index is 1070. The van der Waals surface area contributed by atoms with Gasteiger partial charge in [0, 0.05) is 30.3 Å². The lowest BCUT2D eigenvalue weighted by Gasteiger charge is -2.41. The zero-order chi connectivity index (χ0) is 22.5. The van der Waals surface area contributed by atoms with Crippen molar-refractivity contribution in [1.82, 2.24) is 19.7 Å². The van der Waals surface area contributed by atoms with Gasteiger partial charge in [-0.25, -0.2) is 9.67 Å². The second-order valence-corrected chi connectivity index (χ2v) is 8.09. The van der Waals surface area contributed by atoms with Gasteiger partial charge in [-0.2, -0.15) is 5.10 Å². The quantitative estimate of drug-likeness (QED) is 0.592. The number of hydrogen-bond acceptors (Lipinski definition) is 5. The molecule has 2 N–H and O–H groups in total. The molecule has 0 bridgehead atoms. The fourth-order valence-electron chi connectivity index (χ4n) is 3.89. The normalized spacial score (nSPS) is 16.2. The Morgan fingerprint density at radius 1 is 1.12 bits per heavy atom. The van der Waals surface area contributed by atoms with Crippen molar-refractivity contribution in [3.05, 3.63) is 83.8 Å². The number of amides is 2. The van der Waals surface area contributed by atoms with Crippen molar-refractivity contribution in [3.8, 4) is 0 Å². The van der Waals surface area contributed by atoms with Crippen LogP contribution < -0.4 is 10.6 Å². The summed E-state index contributed by atoms with van der Waals surface area (Å²) in [4.78, 5) is 32.8. The first kappa shape index (κ1) is 21.8. The number of hydrogen-bond donors (Lipinski definition) is 1. The number of rotatable bonds is 7. The molecule has 1 aromatic heterocycles. The monoisotopic (exact) mass is 451 g/mol. The Balaban J connectivity index is 1.45. The fraction of sp³-hybridized carbons (Fsp3) is 0.261. The lowest BCUT2D eigenvalue weighted by atomic mass is 10.1. The molecular formula is C23H24ClN6O2. The topological polar surface area (TPSA) is 97.3 Å². The molecule has 1 aliphatic rings. The lowest BCUT2D eigenvalue weighted by molar-refractivity contribution is -0.137. The minimum Gasteiger partial charge on any atom is -0.368 e. The molecule has 0 aliphatic carbocycles. The Morgan fingerprint density at radius 2 is 1.91 bits per heavy atom. The third-order valence-electron chi connectivity index (χ3n) is 5.55. The third-order valence-corrected chi connectivity index (χ3v) is 5.80. The van der Waals surface area contributed by atoms with Gasteiger partial charge in [-0.05, 0) is 35.7 Å². The molecule has 1 atom stereocenters. The smallest absolute Gasteiger partial charge is 0.242 e. The SMILES string of the molecule is NC(=O)C1CN(c2ccccc2Cn2cncn2)CCN1C(=O)[CH]Cc1ccc(Cl)cc1. The van der Waals surface area contributed by atoms with E-state index in [4.69, 9.17) is 17.3 Å². The van der Waals surface area contributed by atoms with Gasteiger partial charge in [0.05, 0.1) is 13.0 Å². The maximum absolute atomic E-state index is 12.9. The van der Waals surface area contributed by atoms with Crippen molar-refractivity contribution in [1.29, 1.82) is 0 Å². The summed E-state index contributed by atoms with van der Waals surface area (Å²) in [6.07, 6.45) is 5.21. The highest BCUT2D eigenvalue weighted by Crippen LogP contribution is 2.25. The third kappa shape index (κ3) is 5.08. The Morgan fingerprint density at radius 3 is 2.62 bits per heavy atom. The summed E-state index contributed by atoms with van der Waals surface area (Å²) in [6.45, 7) is 1.90. The maximum Gasteiger partial charge on any atom is 0.242 e. The molecule has 0 saturated carbocycles. The van der Waals surface area contributed by atoms with Crippen molar-refractivity contribution in [2.75, 3.05) is 24.5 Å². The number of nitrogens with two attached hydrogens (primary N) is 1. The van der Waals surface area contributed by atoms with Crippen LogP contribution in [0, 0.1) is 6.42 Å². The molecule has 1 saturated heterocycles. The number of anilines is 1. The van der Waals surface area contributed by atoms with Crippen LogP contribution in [-0.2, 0) is 22.6 Å². The molecule has 32 heavy (non-hydrogen) atoms. The maximum atomic E-state index is 12.9. The predicted molar refractivity (Wildman–Crippen MR) is 122 cm³/mol. The molecule has 165 valence electrons. The van der Waals surface area contributed by atoms with E-state index < -0.39 is 11.9 Å². The van der Waals surface area contributed by atoms with Gasteiger partial charge >= 0.3 is 0 Å². The summed E-state index contributed by atoms with van der Waals surface area (Å²) in [7, 11) is 0. The van der Waals surface area contributed by atoms with E-state index in [-0.39, 0.29) is 5.91 Å². The molecule has 2 aromatic carbocycles. The molecule has 1 fully saturated rings. The summed E-state index contributed by atoms with van der Waals surface area (Å²) in [5.41, 5.74) is 8.71. The number of nitrogens with zero attached hydrogens (tertiary/aromatic N) is 5. The Kier molecular flexibility index (Phi) is 6.70. The summed E-state index contributed by atoms with van der Waals surface area (Å²) in [6, 6.07) is 14.6. The standard InChI is InChI=1S/C23H24ClN6O2/c24-19-8-5-17(6-9-19)7-10-22(31)30-12-11-28(14-21(30)23(25)32)20-4-2-1-3-18(20)13-29-16-26-15-27-29/h1-6,8-10,15-16,21H,7,11-14H2,(H2,25,32). The van der Waals surface area contributed by atoms with Crippen molar-refractivity contribution in [2.24, 2.45) is 5.73 Å². The van der Waals surface area contributed by atoms with Gasteiger partial charge in [-0.3, -0.25) is 9.59 Å². The molecule has 9 heteroatoms. The van der Waals surface area contributed by atoms with Crippen LogP contribution in [-0.4, -0.2) is 57.2 Å². The molecule has 2 amide bonds. The Hall–Kier alpha value is -3.39. The lowest BCUT2D eigenvalue weighted by Crippen LogP contribution is -2.60. The summed E-state index contributed by atoms with van der Waals surface area (Å²) in [5, 5.41) is 4.82. The van der Waals surface area contributed by atoms with Crippen LogP contribution in [0.15, 0.2) is 61.2 Å². The first-order chi connectivity index (χ1) is 15.5. The zero-order valence-corrected chi connectivity index (χ0v) is 18.2. The van der Waals surface area contributed by atoms with Gasteiger partial charge in [0.25, 0.3) is 0 Å². The van der Waals surface area contributed by atoms with Gasteiger partial charge < -0.3 is 15.5 Å². The first-order valence-electron chi connectivity index (χ1n) is 10.3. The molecule has 4 rings (SSSR count). The van der Waals surface area contributed by atoms with Crippen LogP contribution in [0.1, 0.15) is 11.1 Å². The minimum atomic E-state index is -0.711. The van der Waals surface area contributed by atoms with Crippen molar-refractivity contribution < 1.29 is 9.59 Å². The molecule has 0 spiro atoms. The molecule has 2 heterocycles. The number of benzene rings is 2. The minimum absolute atomic E-state index is 0.195. The van der Waals surface area contributed by atoms with E-state index in [9.17, 15) is 9.59 Å². The van der Waals surface area contributed by atoms with Crippen LogP contribution in [0.3, 0.4) is 0 Å². The van der Waals surface area contributed by atoms with Crippen molar-refractivity contribution in [2.45, 2.75) is 19.0 Å². The van der Waals surface area contributed by atoms with E-state index in [1.54, 1.807) is 34.5 Å². The van der Waals surface area contributed by atoms with Crippen LogP contribution in [0.25, 0.3) is 0 Å². The van der Waals surface area contributed by atoms with Crippen molar-refractivity contribution in [3.63, 3.8) is 0 Å². The van der Waals surface area contributed by atoms with E-state index in [0.29, 0.717) is 37.6 Å². The van der Waals surface area contributed by atoms with Crippen LogP contribution >= 0.6 is 11.6 Å². The van der Waals surface area contributed by atoms with Crippen LogP contribution in [0.2, 0.25) is 5.02 Å². The first-order valence-corrected chi connectivity index (χ1v) is 10.7. The molecule has 3 aromatic rings. The highest BCUT2D eigenvalue weighted by molar-refractivity contribution is 6.30. The molecular weight excluding hydrogens is 428 g/mol. The number of primary amides is 1. The van der Waals surface area contributed by atoms with Crippen LogP contribution in [0.4, 0.5) is 5.69 Å². The van der Waals surface area contributed by atoms with Gasteiger partial charge in [-0.1, -0.05) is 41.9 Å². The largest absolute Gasteiger partial charge is 0.368 e. The van der Waals surface area contributed by atoms with E-state index in [0.717, 1.165) is 16.8 Å². The summed E-state index contributed by atoms with van der Waals surface area (Å²) < 4.78 is 1.75. The number of carbonyl (C=O) groups is 2. The number of carbonyl (C=O) groups excluding carboxylic acids is 2. The molecule has 1 aliphatic heterocycles. The van der Waals surface area contributed by atoms with E-state index in [2.05, 4.69) is 15.0 Å². The van der Waals surface area contributed by atoms with E-state index in [1.165, 1.54) is 6.33 Å². The second-order valence-electron chi connectivity index (χ2n) is 7.65. The number of aromatic nitrogens is 3. The van der Waals surface area contributed by atoms with E-state index >= 15 is 0 Å². The number of halogens is 1. The van der Waals surface area contributed by atoms with E-state index in [1.807, 2.05) is 36.4 Å². The highest BCUT2D eigenvalue weighted by Gasteiger charge is 2.34. The summed E-state index contributed by atoms with van der Waals surface area (Å²) in [5.74, 6) is -0.712. The predicted octanol–water partition coefficient (Wildman–Crippen LogP) is 1.93. The number of para-hydroxylation sites is 1. The van der Waals surface area contributed by atoms with Crippen molar-refractivity contribution >= 4 is 29.1 Å². The van der Waals surface area contributed by atoms with Crippen LogP contribution in [0.5, 0.6) is 0 Å². The highest BCUT2D eigenvalue weighted by atomic mass is 35.5. The molecule has 1 unspecified atom stereocenters. The number of piperazine rings is 1. The van der Waals surface area contributed by atoms with Gasteiger partial charge in [0.2, 0.25) is 11.8 Å². The van der Waals surface area contributed by atoms with Gasteiger partial charge in [0.1, 0.15) is 18.7 Å². The Labute approximate surface area is 191 Å². The zero-order valence-electron chi connectivity index (χ0n) is 17.5. The average molecular weight is 452 g/mol. The van der Waals surface area contributed by atoms with Gasteiger partial charge in [-0.15, -0.1) is 0 Å². The fourth-order valence-corrected chi connectivity index (χ4v) is 4.02. The second kappa shape index (κ2) is 9.82. The molecule has 8 nitrogen and oxygen atoms in total.